The second kappa shape index (κ2) is 5.03. The van der Waals surface area contributed by atoms with Gasteiger partial charge >= 0.3 is 0 Å². The Hall–Kier alpha value is -0.480. The standard InChI is InChI=1S/C11H21N3S/c1-5-14-10(6-7-13-14)9(12)8-15-11(2,3)4/h6-7,9H,5,8,12H2,1-4H3. The van der Waals surface area contributed by atoms with E-state index in [1.165, 1.54) is 0 Å². The molecule has 0 aliphatic rings. The molecule has 4 heteroatoms. The highest BCUT2D eigenvalue weighted by Crippen LogP contribution is 2.27. The molecule has 0 fully saturated rings. The SMILES string of the molecule is CCn1nccc1C(N)CSC(C)(C)C. The first-order chi connectivity index (χ1) is 6.94. The van der Waals surface area contributed by atoms with Gasteiger partial charge in [-0.3, -0.25) is 4.68 Å². The molecule has 0 bridgehead atoms. The fourth-order valence-corrected chi connectivity index (χ4v) is 2.20. The van der Waals surface area contributed by atoms with Crippen LogP contribution in [0.5, 0.6) is 0 Å². The van der Waals surface area contributed by atoms with Gasteiger partial charge in [-0.15, -0.1) is 0 Å². The maximum Gasteiger partial charge on any atom is 0.0559 e. The summed E-state index contributed by atoms with van der Waals surface area (Å²) in [6.45, 7) is 9.60. The zero-order valence-electron chi connectivity index (χ0n) is 10.0. The van der Waals surface area contributed by atoms with Crippen LogP contribution in [0.25, 0.3) is 0 Å². The molecule has 1 rings (SSSR count). The van der Waals surface area contributed by atoms with Crippen LogP contribution in [0.4, 0.5) is 0 Å². The summed E-state index contributed by atoms with van der Waals surface area (Å²) in [6, 6.07) is 2.09. The van der Waals surface area contributed by atoms with E-state index in [0.29, 0.717) is 0 Å². The minimum atomic E-state index is 0.0803. The molecule has 0 saturated heterocycles. The molecule has 0 radical (unpaired) electrons. The Labute approximate surface area is 96.4 Å². The van der Waals surface area contributed by atoms with Crippen molar-refractivity contribution in [1.29, 1.82) is 0 Å². The zero-order valence-corrected chi connectivity index (χ0v) is 10.8. The van der Waals surface area contributed by atoms with Gasteiger partial charge in [0.25, 0.3) is 0 Å². The van der Waals surface area contributed by atoms with Crippen molar-refractivity contribution in [3.63, 3.8) is 0 Å². The molecule has 0 aromatic carbocycles. The van der Waals surface area contributed by atoms with Gasteiger partial charge in [0.05, 0.1) is 11.7 Å². The van der Waals surface area contributed by atoms with Gasteiger partial charge in [-0.25, -0.2) is 0 Å². The van der Waals surface area contributed by atoms with E-state index in [2.05, 4.69) is 32.8 Å². The van der Waals surface area contributed by atoms with Crippen molar-refractivity contribution < 1.29 is 0 Å². The monoisotopic (exact) mass is 227 g/mol. The topological polar surface area (TPSA) is 43.8 Å². The first kappa shape index (κ1) is 12.6. The molecule has 86 valence electrons. The van der Waals surface area contributed by atoms with Crippen LogP contribution in [0.3, 0.4) is 0 Å². The summed E-state index contributed by atoms with van der Waals surface area (Å²) in [5, 5.41) is 4.23. The lowest BCUT2D eigenvalue weighted by atomic mass is 10.2. The first-order valence-electron chi connectivity index (χ1n) is 5.35. The molecule has 1 atom stereocenters. The second-order valence-corrected chi connectivity index (χ2v) is 6.45. The average Bonchev–Trinajstić information content (AvgIpc) is 2.60. The van der Waals surface area contributed by atoms with Crippen LogP contribution >= 0.6 is 11.8 Å². The highest BCUT2D eigenvalue weighted by atomic mass is 32.2. The van der Waals surface area contributed by atoms with Gasteiger partial charge in [-0.05, 0) is 13.0 Å². The van der Waals surface area contributed by atoms with Crippen molar-refractivity contribution >= 4 is 11.8 Å². The van der Waals surface area contributed by atoms with Gasteiger partial charge in [0.2, 0.25) is 0 Å². The van der Waals surface area contributed by atoms with Gasteiger partial charge in [0, 0.05) is 23.2 Å². The summed E-state index contributed by atoms with van der Waals surface area (Å²) in [6.07, 6.45) is 1.82. The molecule has 1 aromatic rings. The maximum absolute atomic E-state index is 6.14. The Bertz CT molecular complexity index is 301. The van der Waals surface area contributed by atoms with E-state index in [0.717, 1.165) is 18.0 Å². The van der Waals surface area contributed by atoms with E-state index < -0.39 is 0 Å². The molecule has 0 aliphatic heterocycles. The number of nitrogens with zero attached hydrogens (tertiary/aromatic N) is 2. The third kappa shape index (κ3) is 3.87. The number of nitrogens with two attached hydrogens (primary N) is 1. The second-order valence-electron chi connectivity index (χ2n) is 4.60. The van der Waals surface area contributed by atoms with Crippen LogP contribution in [-0.4, -0.2) is 20.3 Å². The molecule has 3 nitrogen and oxygen atoms in total. The van der Waals surface area contributed by atoms with Crippen LogP contribution in [0.2, 0.25) is 0 Å². The summed E-state index contributed by atoms with van der Waals surface area (Å²) < 4.78 is 2.24. The third-order valence-electron chi connectivity index (χ3n) is 2.12. The van der Waals surface area contributed by atoms with E-state index in [4.69, 9.17) is 5.73 Å². The quantitative estimate of drug-likeness (QED) is 0.859. The number of hydrogen-bond donors (Lipinski definition) is 1. The normalized spacial score (nSPS) is 14.2. The van der Waals surface area contributed by atoms with Crippen LogP contribution < -0.4 is 5.73 Å². The van der Waals surface area contributed by atoms with E-state index in [1.807, 2.05) is 28.7 Å². The molecule has 0 amide bonds. The fraction of sp³-hybridized carbons (Fsp3) is 0.727. The Morgan fingerprint density at radius 2 is 2.20 bits per heavy atom. The number of rotatable bonds is 4. The molecule has 0 aliphatic carbocycles. The van der Waals surface area contributed by atoms with Gasteiger partial charge < -0.3 is 5.73 Å². The summed E-state index contributed by atoms with van der Waals surface area (Å²) in [5.74, 6) is 0.940. The predicted octanol–water partition coefficient (Wildman–Crippen LogP) is 2.43. The van der Waals surface area contributed by atoms with E-state index in [9.17, 15) is 0 Å². The Kier molecular flexibility index (Phi) is 4.22. The lowest BCUT2D eigenvalue weighted by Crippen LogP contribution is -2.21. The zero-order chi connectivity index (χ0) is 11.5. The van der Waals surface area contributed by atoms with Crippen molar-refractivity contribution in [2.24, 2.45) is 5.73 Å². The first-order valence-corrected chi connectivity index (χ1v) is 6.34. The minimum absolute atomic E-state index is 0.0803. The van der Waals surface area contributed by atoms with Crippen molar-refractivity contribution in [2.75, 3.05) is 5.75 Å². The highest BCUT2D eigenvalue weighted by molar-refractivity contribution is 8.00. The molecular formula is C11H21N3S. The van der Waals surface area contributed by atoms with Gasteiger partial charge in [0.1, 0.15) is 0 Å². The lowest BCUT2D eigenvalue weighted by Gasteiger charge is -2.21. The largest absolute Gasteiger partial charge is 0.322 e. The summed E-state index contributed by atoms with van der Waals surface area (Å²) in [5.41, 5.74) is 7.27. The third-order valence-corrected chi connectivity index (χ3v) is 3.52. The van der Waals surface area contributed by atoms with Crippen molar-refractivity contribution in [1.82, 2.24) is 9.78 Å². The maximum atomic E-state index is 6.14. The molecule has 1 heterocycles. The average molecular weight is 227 g/mol. The molecule has 0 saturated carbocycles. The smallest absolute Gasteiger partial charge is 0.0559 e. The summed E-state index contributed by atoms with van der Waals surface area (Å²) in [4.78, 5) is 0. The summed E-state index contributed by atoms with van der Waals surface area (Å²) >= 11 is 1.89. The van der Waals surface area contributed by atoms with Crippen molar-refractivity contribution in [2.45, 2.75) is 45.0 Å². The van der Waals surface area contributed by atoms with Crippen LogP contribution in [0.15, 0.2) is 12.3 Å². The van der Waals surface area contributed by atoms with Crippen LogP contribution in [-0.2, 0) is 6.54 Å². The fourth-order valence-electron chi connectivity index (χ4n) is 1.35. The van der Waals surface area contributed by atoms with E-state index in [1.54, 1.807) is 0 Å². The molecule has 1 unspecified atom stereocenters. The van der Waals surface area contributed by atoms with Gasteiger partial charge in [-0.1, -0.05) is 20.8 Å². The number of thioether (sulfide) groups is 1. The van der Waals surface area contributed by atoms with Crippen molar-refractivity contribution in [3.05, 3.63) is 18.0 Å². The highest BCUT2D eigenvalue weighted by Gasteiger charge is 2.16. The van der Waals surface area contributed by atoms with Crippen molar-refractivity contribution in [3.8, 4) is 0 Å². The van der Waals surface area contributed by atoms with Crippen LogP contribution in [0, 0.1) is 0 Å². The van der Waals surface area contributed by atoms with Gasteiger partial charge in [0.15, 0.2) is 0 Å². The van der Waals surface area contributed by atoms with Gasteiger partial charge in [-0.2, -0.15) is 16.9 Å². The van der Waals surface area contributed by atoms with E-state index in [-0.39, 0.29) is 10.8 Å². The minimum Gasteiger partial charge on any atom is -0.322 e. The predicted molar refractivity (Wildman–Crippen MR) is 67.0 cm³/mol. The number of aromatic nitrogens is 2. The molecule has 0 spiro atoms. The number of aryl methyl sites for hydroxylation is 1. The summed E-state index contributed by atoms with van der Waals surface area (Å²) in [7, 11) is 0. The van der Waals surface area contributed by atoms with E-state index >= 15 is 0 Å². The molecule has 2 N–H and O–H groups in total. The van der Waals surface area contributed by atoms with Crippen LogP contribution in [0.1, 0.15) is 39.4 Å². The Balaban J connectivity index is 2.57. The molecular weight excluding hydrogens is 206 g/mol. The molecule has 15 heavy (non-hydrogen) atoms. The number of hydrogen-bond acceptors (Lipinski definition) is 3. The Morgan fingerprint density at radius 1 is 1.53 bits per heavy atom. The Morgan fingerprint density at radius 3 is 2.73 bits per heavy atom. The lowest BCUT2D eigenvalue weighted by molar-refractivity contribution is 0.592. The molecule has 1 aromatic heterocycles.